The van der Waals surface area contributed by atoms with Gasteiger partial charge < -0.3 is 4.90 Å². The number of hydrogen-bond donors (Lipinski definition) is 0. The van der Waals surface area contributed by atoms with Crippen LogP contribution in [0.2, 0.25) is 0 Å². The van der Waals surface area contributed by atoms with Crippen molar-refractivity contribution in [2.45, 2.75) is 6.54 Å². The molecule has 1 aromatic carbocycles. The highest BCUT2D eigenvalue weighted by Crippen LogP contribution is 2.25. The second kappa shape index (κ2) is 5.63. The molecule has 0 aliphatic carbocycles. The Morgan fingerprint density at radius 3 is 2.83 bits per heavy atom. The lowest BCUT2D eigenvalue weighted by Crippen LogP contribution is -2.17. The van der Waals surface area contributed by atoms with Gasteiger partial charge >= 0.3 is 0 Å². The monoisotopic (exact) mass is 327 g/mol. The highest BCUT2D eigenvalue weighted by molar-refractivity contribution is 9.11. The van der Waals surface area contributed by atoms with Crippen molar-refractivity contribution in [3.05, 3.63) is 50.4 Å². The van der Waals surface area contributed by atoms with Crippen LogP contribution in [-0.4, -0.2) is 13.3 Å². The van der Waals surface area contributed by atoms with Gasteiger partial charge in [-0.25, -0.2) is 4.39 Å². The Hall–Kier alpha value is -1.20. The summed E-state index contributed by atoms with van der Waals surface area (Å²) in [6.07, 6.45) is 0.679. The largest absolute Gasteiger partial charge is 0.370 e. The van der Waals surface area contributed by atoms with Gasteiger partial charge in [-0.3, -0.25) is 4.79 Å². The van der Waals surface area contributed by atoms with Gasteiger partial charge in [-0.15, -0.1) is 11.3 Å². The van der Waals surface area contributed by atoms with Crippen molar-refractivity contribution in [2.75, 3.05) is 11.9 Å². The summed E-state index contributed by atoms with van der Waals surface area (Å²) < 4.78 is 14.1. The van der Waals surface area contributed by atoms with E-state index in [4.69, 9.17) is 0 Å². The Morgan fingerprint density at radius 1 is 1.44 bits per heavy atom. The molecule has 0 saturated heterocycles. The summed E-state index contributed by atoms with van der Waals surface area (Å²) in [6.45, 7) is 0.675. The Bertz CT molecular complexity index is 570. The van der Waals surface area contributed by atoms with Crippen LogP contribution in [0.1, 0.15) is 15.9 Å². The zero-order valence-corrected chi connectivity index (χ0v) is 12.1. The molecule has 1 aromatic heterocycles. The molecular formula is C13H11BrFNOS. The third-order valence-corrected chi connectivity index (χ3v) is 4.12. The van der Waals surface area contributed by atoms with Crippen LogP contribution in [0.15, 0.2) is 33.4 Å². The lowest BCUT2D eigenvalue weighted by atomic mass is 10.1. The maximum absolute atomic E-state index is 13.0. The number of aldehydes is 1. The predicted molar refractivity (Wildman–Crippen MR) is 75.9 cm³/mol. The highest BCUT2D eigenvalue weighted by Gasteiger charge is 2.09. The zero-order chi connectivity index (χ0) is 13.1. The molecule has 0 saturated carbocycles. The molecule has 5 heteroatoms. The molecule has 94 valence electrons. The smallest absolute Gasteiger partial charge is 0.152 e. The maximum atomic E-state index is 13.0. The van der Waals surface area contributed by atoms with Crippen molar-refractivity contribution in [1.29, 1.82) is 0 Å². The van der Waals surface area contributed by atoms with Crippen LogP contribution >= 0.6 is 27.3 Å². The van der Waals surface area contributed by atoms with Crippen LogP contribution in [0.3, 0.4) is 0 Å². The van der Waals surface area contributed by atoms with Crippen LogP contribution in [-0.2, 0) is 6.54 Å². The van der Waals surface area contributed by atoms with Gasteiger partial charge in [-0.2, -0.15) is 0 Å². The Morgan fingerprint density at radius 2 is 2.22 bits per heavy atom. The fourth-order valence-electron chi connectivity index (χ4n) is 1.76. The summed E-state index contributed by atoms with van der Waals surface area (Å²) in [6, 6.07) is 6.27. The molecule has 0 unspecified atom stereocenters. The van der Waals surface area contributed by atoms with Crippen LogP contribution in [0.4, 0.5) is 10.1 Å². The molecule has 0 aliphatic heterocycles. The minimum Gasteiger partial charge on any atom is -0.370 e. The summed E-state index contributed by atoms with van der Waals surface area (Å²) in [7, 11) is 1.88. The van der Waals surface area contributed by atoms with Gasteiger partial charge in [0.05, 0.1) is 3.79 Å². The van der Waals surface area contributed by atoms with Gasteiger partial charge in [0.2, 0.25) is 0 Å². The molecule has 0 radical (unpaired) electrons. The van der Waals surface area contributed by atoms with Gasteiger partial charge in [0.15, 0.2) is 6.29 Å². The molecule has 2 aromatic rings. The van der Waals surface area contributed by atoms with Gasteiger partial charge in [0.1, 0.15) is 5.82 Å². The van der Waals surface area contributed by atoms with Crippen LogP contribution in [0.5, 0.6) is 0 Å². The summed E-state index contributed by atoms with van der Waals surface area (Å²) in [4.78, 5) is 12.9. The van der Waals surface area contributed by atoms with Crippen molar-refractivity contribution < 1.29 is 9.18 Å². The molecule has 0 spiro atoms. The first kappa shape index (κ1) is 13.2. The van der Waals surface area contributed by atoms with Crippen molar-refractivity contribution >= 4 is 39.2 Å². The van der Waals surface area contributed by atoms with Crippen LogP contribution in [0.25, 0.3) is 0 Å². The van der Waals surface area contributed by atoms with Crippen LogP contribution < -0.4 is 4.90 Å². The molecule has 0 amide bonds. The van der Waals surface area contributed by atoms with E-state index in [0.717, 1.165) is 15.0 Å². The lowest BCUT2D eigenvalue weighted by molar-refractivity contribution is 0.112. The summed E-state index contributed by atoms with van der Waals surface area (Å²) in [5.74, 6) is -0.396. The highest BCUT2D eigenvalue weighted by atomic mass is 79.9. The summed E-state index contributed by atoms with van der Waals surface area (Å²) in [5, 5.41) is 2.05. The number of rotatable bonds is 4. The van der Waals surface area contributed by atoms with E-state index in [2.05, 4.69) is 15.9 Å². The van der Waals surface area contributed by atoms with Crippen molar-refractivity contribution in [3.63, 3.8) is 0 Å². The summed E-state index contributed by atoms with van der Waals surface area (Å²) in [5.41, 5.74) is 2.25. The van der Waals surface area contributed by atoms with Crippen molar-refractivity contribution in [2.24, 2.45) is 0 Å². The van der Waals surface area contributed by atoms with E-state index in [1.165, 1.54) is 12.1 Å². The molecule has 18 heavy (non-hydrogen) atoms. The van der Waals surface area contributed by atoms with E-state index in [1.807, 2.05) is 23.4 Å². The normalized spacial score (nSPS) is 10.4. The third-order valence-electron chi connectivity index (χ3n) is 2.57. The predicted octanol–water partition coefficient (Wildman–Crippen LogP) is 4.10. The third kappa shape index (κ3) is 2.97. The van der Waals surface area contributed by atoms with E-state index in [9.17, 15) is 9.18 Å². The number of anilines is 1. The number of thiophene rings is 1. The van der Waals surface area contributed by atoms with Gasteiger partial charge in [-0.1, -0.05) is 0 Å². The fourth-order valence-corrected chi connectivity index (χ4v) is 2.96. The maximum Gasteiger partial charge on any atom is 0.152 e. The number of benzene rings is 1. The van der Waals surface area contributed by atoms with Crippen LogP contribution in [0, 0.1) is 5.82 Å². The molecule has 0 fully saturated rings. The Kier molecular flexibility index (Phi) is 4.14. The Labute approximate surface area is 117 Å². The fraction of sp³-hybridized carbons (Fsp3) is 0.154. The zero-order valence-electron chi connectivity index (χ0n) is 9.69. The molecule has 1 heterocycles. The van der Waals surface area contributed by atoms with E-state index >= 15 is 0 Å². The average molecular weight is 328 g/mol. The van der Waals surface area contributed by atoms with E-state index in [1.54, 1.807) is 17.4 Å². The second-order valence-corrected chi connectivity index (χ2v) is 6.23. The van der Waals surface area contributed by atoms with E-state index in [-0.39, 0.29) is 0 Å². The molecule has 0 N–H and O–H groups in total. The molecule has 2 nitrogen and oxygen atoms in total. The lowest BCUT2D eigenvalue weighted by Gasteiger charge is -2.20. The minimum atomic E-state index is -0.396. The van der Waals surface area contributed by atoms with Gasteiger partial charge in [0, 0.05) is 24.8 Å². The first-order valence-electron chi connectivity index (χ1n) is 5.29. The first-order chi connectivity index (χ1) is 8.60. The first-order valence-corrected chi connectivity index (χ1v) is 6.96. The average Bonchev–Trinajstić information content (AvgIpc) is 2.74. The number of carbonyl (C=O) groups is 1. The standard InChI is InChI=1S/C13H11BrFNOS/c1-16(6-9-4-13(14)18-8-9)12-3-2-11(15)5-10(12)7-17/h2-5,7-8H,6H2,1H3. The number of hydrogen-bond acceptors (Lipinski definition) is 3. The SMILES string of the molecule is CN(Cc1csc(Br)c1)c1ccc(F)cc1C=O. The van der Waals surface area contributed by atoms with Crippen molar-refractivity contribution in [3.8, 4) is 0 Å². The number of carbonyl (C=O) groups excluding carboxylic acids is 1. The minimum absolute atomic E-state index is 0.367. The number of nitrogens with zero attached hydrogens (tertiary/aromatic N) is 1. The van der Waals surface area contributed by atoms with Gasteiger partial charge in [0.25, 0.3) is 0 Å². The molecular weight excluding hydrogens is 317 g/mol. The number of halogens is 2. The molecule has 0 aliphatic rings. The quantitative estimate of drug-likeness (QED) is 0.788. The van der Waals surface area contributed by atoms with E-state index in [0.29, 0.717) is 18.4 Å². The van der Waals surface area contributed by atoms with Crippen molar-refractivity contribution in [1.82, 2.24) is 0 Å². The topological polar surface area (TPSA) is 20.3 Å². The van der Waals surface area contributed by atoms with Gasteiger partial charge in [-0.05, 0) is 51.1 Å². The molecule has 2 rings (SSSR count). The Balaban J connectivity index is 2.23. The van der Waals surface area contributed by atoms with E-state index < -0.39 is 5.82 Å². The molecule has 0 bridgehead atoms. The second-order valence-electron chi connectivity index (χ2n) is 3.94. The molecule has 0 atom stereocenters. The summed E-state index contributed by atoms with van der Waals surface area (Å²) >= 11 is 5.02.